The van der Waals surface area contributed by atoms with Crippen molar-refractivity contribution in [3.05, 3.63) is 42.2 Å². The van der Waals surface area contributed by atoms with Crippen LogP contribution in [0.25, 0.3) is 22.4 Å². The molecule has 0 bridgehead atoms. The molecule has 1 aliphatic heterocycles. The molecule has 1 N–H and O–H groups in total. The fourth-order valence-electron chi connectivity index (χ4n) is 2.70. The van der Waals surface area contributed by atoms with Gasteiger partial charge in [-0.1, -0.05) is 11.6 Å². The summed E-state index contributed by atoms with van der Waals surface area (Å²) in [6.45, 7) is 1.38. The van der Waals surface area contributed by atoms with Crippen LogP contribution in [0.4, 0.5) is 5.95 Å². The van der Waals surface area contributed by atoms with Gasteiger partial charge in [-0.25, -0.2) is 19.5 Å². The third-order valence-electron chi connectivity index (χ3n) is 4.02. The first-order chi connectivity index (χ1) is 11.8. The lowest BCUT2D eigenvalue weighted by Crippen LogP contribution is -2.40. The number of rotatable bonds is 3. The molecule has 5 rings (SSSR count). The van der Waals surface area contributed by atoms with Crippen molar-refractivity contribution < 1.29 is 4.74 Å². The first kappa shape index (κ1) is 13.7. The summed E-state index contributed by atoms with van der Waals surface area (Å²) >= 11 is 6.12. The molecule has 0 spiro atoms. The van der Waals surface area contributed by atoms with Crippen LogP contribution in [0.1, 0.15) is 0 Å². The molecular formula is C15H12ClN7O. The van der Waals surface area contributed by atoms with Gasteiger partial charge < -0.3 is 10.1 Å². The Labute approximate surface area is 141 Å². The SMILES string of the molecule is Clc1cnc2ncc(-c3ccn4nc(NC5COC5)ncc34)cn12. The first-order valence-corrected chi connectivity index (χ1v) is 7.83. The van der Waals surface area contributed by atoms with Crippen LogP contribution < -0.4 is 5.32 Å². The van der Waals surface area contributed by atoms with E-state index in [-0.39, 0.29) is 6.04 Å². The smallest absolute Gasteiger partial charge is 0.241 e. The predicted octanol–water partition coefficient (Wildman–Crippen LogP) is 1.90. The number of aromatic nitrogens is 6. The largest absolute Gasteiger partial charge is 0.377 e. The number of nitrogens with one attached hydrogen (secondary N) is 1. The summed E-state index contributed by atoms with van der Waals surface area (Å²) in [5.41, 5.74) is 2.79. The van der Waals surface area contributed by atoms with Gasteiger partial charge in [0.1, 0.15) is 5.15 Å². The summed E-state index contributed by atoms with van der Waals surface area (Å²) in [5.74, 6) is 1.15. The summed E-state index contributed by atoms with van der Waals surface area (Å²) in [6.07, 6.45) is 8.95. The molecule has 0 aromatic carbocycles. The first-order valence-electron chi connectivity index (χ1n) is 7.45. The van der Waals surface area contributed by atoms with Gasteiger partial charge in [-0.15, -0.1) is 5.10 Å². The van der Waals surface area contributed by atoms with Gasteiger partial charge in [-0.05, 0) is 6.07 Å². The molecule has 0 aliphatic carbocycles. The van der Waals surface area contributed by atoms with Gasteiger partial charge in [0.2, 0.25) is 11.7 Å². The van der Waals surface area contributed by atoms with Crippen molar-refractivity contribution >= 4 is 28.8 Å². The average Bonchev–Trinajstić information content (AvgIpc) is 3.14. The van der Waals surface area contributed by atoms with E-state index in [1.54, 1.807) is 27.5 Å². The highest BCUT2D eigenvalue weighted by Crippen LogP contribution is 2.26. The zero-order valence-corrected chi connectivity index (χ0v) is 13.2. The fourth-order valence-corrected chi connectivity index (χ4v) is 2.87. The van der Waals surface area contributed by atoms with Crippen molar-refractivity contribution in [1.29, 1.82) is 0 Å². The maximum absolute atomic E-state index is 6.12. The molecule has 8 nitrogen and oxygen atoms in total. The molecule has 5 heterocycles. The molecule has 1 saturated heterocycles. The highest BCUT2D eigenvalue weighted by molar-refractivity contribution is 6.29. The highest BCUT2D eigenvalue weighted by Gasteiger charge is 2.19. The third-order valence-corrected chi connectivity index (χ3v) is 4.30. The molecule has 0 radical (unpaired) electrons. The Morgan fingerprint density at radius 3 is 2.88 bits per heavy atom. The van der Waals surface area contributed by atoms with Crippen LogP contribution in [0, 0.1) is 0 Å². The van der Waals surface area contributed by atoms with E-state index in [1.165, 1.54) is 0 Å². The Kier molecular flexibility index (Phi) is 2.94. The number of halogens is 1. The molecule has 4 aromatic rings. The number of imidazole rings is 1. The summed E-state index contributed by atoms with van der Waals surface area (Å²) in [5, 5.41) is 8.25. The normalized spacial score (nSPS) is 15.0. The van der Waals surface area contributed by atoms with E-state index in [0.29, 0.717) is 30.1 Å². The lowest BCUT2D eigenvalue weighted by Gasteiger charge is -2.26. The van der Waals surface area contributed by atoms with Gasteiger partial charge in [0.15, 0.2) is 0 Å². The van der Waals surface area contributed by atoms with Crippen molar-refractivity contribution in [3.8, 4) is 11.1 Å². The lowest BCUT2D eigenvalue weighted by molar-refractivity contribution is 0.0207. The predicted molar refractivity (Wildman–Crippen MR) is 88.2 cm³/mol. The Morgan fingerprint density at radius 2 is 2.04 bits per heavy atom. The molecule has 4 aromatic heterocycles. The number of hydrogen-bond acceptors (Lipinski definition) is 6. The van der Waals surface area contributed by atoms with Crippen molar-refractivity contribution in [2.75, 3.05) is 18.5 Å². The van der Waals surface area contributed by atoms with Crippen LogP contribution in [-0.4, -0.2) is 48.2 Å². The average molecular weight is 342 g/mol. The van der Waals surface area contributed by atoms with Gasteiger partial charge in [-0.2, -0.15) is 0 Å². The summed E-state index contributed by atoms with van der Waals surface area (Å²) in [4.78, 5) is 12.9. The van der Waals surface area contributed by atoms with E-state index in [9.17, 15) is 0 Å². The second kappa shape index (κ2) is 5.15. The second-order valence-corrected chi connectivity index (χ2v) is 6.00. The maximum Gasteiger partial charge on any atom is 0.241 e. The molecule has 120 valence electrons. The van der Waals surface area contributed by atoms with Crippen molar-refractivity contribution in [3.63, 3.8) is 0 Å². The van der Waals surface area contributed by atoms with Crippen LogP contribution in [0.5, 0.6) is 0 Å². The molecule has 0 atom stereocenters. The van der Waals surface area contributed by atoms with Gasteiger partial charge >= 0.3 is 0 Å². The molecule has 0 saturated carbocycles. The Balaban J connectivity index is 1.56. The topological polar surface area (TPSA) is 81.6 Å². The summed E-state index contributed by atoms with van der Waals surface area (Å²) in [7, 11) is 0. The third kappa shape index (κ3) is 2.11. The van der Waals surface area contributed by atoms with Crippen molar-refractivity contribution in [1.82, 2.24) is 29.0 Å². The molecule has 24 heavy (non-hydrogen) atoms. The molecule has 1 fully saturated rings. The minimum Gasteiger partial charge on any atom is -0.377 e. The number of ether oxygens (including phenoxy) is 1. The number of hydrogen-bond donors (Lipinski definition) is 1. The molecule has 9 heteroatoms. The minimum absolute atomic E-state index is 0.285. The Bertz CT molecular complexity index is 1050. The monoisotopic (exact) mass is 341 g/mol. The second-order valence-electron chi connectivity index (χ2n) is 5.61. The molecule has 0 amide bonds. The minimum atomic E-state index is 0.285. The van der Waals surface area contributed by atoms with E-state index in [0.717, 1.165) is 16.6 Å². The number of fused-ring (bicyclic) bond motifs is 2. The van der Waals surface area contributed by atoms with Crippen LogP contribution in [0.15, 0.2) is 37.1 Å². The van der Waals surface area contributed by atoms with Crippen molar-refractivity contribution in [2.24, 2.45) is 0 Å². The highest BCUT2D eigenvalue weighted by atomic mass is 35.5. The number of anilines is 1. The van der Waals surface area contributed by atoms with Gasteiger partial charge in [-0.3, -0.25) is 4.40 Å². The zero-order chi connectivity index (χ0) is 16.1. The van der Waals surface area contributed by atoms with Gasteiger partial charge in [0, 0.05) is 29.7 Å². The maximum atomic E-state index is 6.12. The van der Waals surface area contributed by atoms with Gasteiger partial charge in [0.25, 0.3) is 0 Å². The molecule has 0 unspecified atom stereocenters. The van der Waals surface area contributed by atoms with Crippen molar-refractivity contribution in [2.45, 2.75) is 6.04 Å². The van der Waals surface area contributed by atoms with Crippen LogP contribution in [0.3, 0.4) is 0 Å². The summed E-state index contributed by atoms with van der Waals surface area (Å²) in [6, 6.07) is 2.26. The van der Waals surface area contributed by atoms with E-state index in [4.69, 9.17) is 16.3 Å². The number of nitrogens with zero attached hydrogens (tertiary/aromatic N) is 6. The van der Waals surface area contributed by atoms with Crippen LogP contribution in [-0.2, 0) is 4.74 Å². The Morgan fingerprint density at radius 1 is 1.17 bits per heavy atom. The van der Waals surface area contributed by atoms with E-state index < -0.39 is 0 Å². The fraction of sp³-hybridized carbons (Fsp3) is 0.200. The van der Waals surface area contributed by atoms with E-state index in [2.05, 4.69) is 25.4 Å². The van der Waals surface area contributed by atoms with E-state index >= 15 is 0 Å². The van der Waals surface area contributed by atoms with Crippen LogP contribution in [0.2, 0.25) is 5.15 Å². The summed E-state index contributed by atoms with van der Waals surface area (Å²) < 4.78 is 8.68. The zero-order valence-electron chi connectivity index (χ0n) is 12.4. The van der Waals surface area contributed by atoms with E-state index in [1.807, 2.05) is 18.5 Å². The molecular weight excluding hydrogens is 330 g/mol. The van der Waals surface area contributed by atoms with Crippen LogP contribution >= 0.6 is 11.6 Å². The standard InChI is InChI=1S/C15H12ClN7O/c16-13-5-19-15-18-3-9(6-22(13)15)11-1-2-23-12(11)4-17-14(21-23)20-10-7-24-8-10/h1-6,10H,7-8H2,(H,20,21). The molecule has 1 aliphatic rings. The van der Waals surface area contributed by atoms with Gasteiger partial charge in [0.05, 0.1) is 37.2 Å². The Hall–Kier alpha value is -2.71. The quantitative estimate of drug-likeness (QED) is 0.613. The lowest BCUT2D eigenvalue weighted by atomic mass is 10.1.